The Morgan fingerprint density at radius 2 is 2.12 bits per heavy atom. The van der Waals surface area contributed by atoms with Crippen molar-refractivity contribution in [1.29, 1.82) is 0 Å². The summed E-state index contributed by atoms with van der Waals surface area (Å²) in [5.41, 5.74) is 0.862. The van der Waals surface area contributed by atoms with Gasteiger partial charge in [-0.25, -0.2) is 8.42 Å². The van der Waals surface area contributed by atoms with Crippen LogP contribution >= 0.6 is 39.1 Å². The summed E-state index contributed by atoms with van der Waals surface area (Å²) in [5, 5.41) is 0.287. The first-order valence-corrected chi connectivity index (χ1v) is 8.61. The Morgan fingerprint density at radius 1 is 1.41 bits per heavy atom. The molecule has 94 valence electrons. The van der Waals surface area contributed by atoms with Crippen molar-refractivity contribution in [3.05, 3.63) is 33.3 Å². The van der Waals surface area contributed by atoms with E-state index >= 15 is 0 Å². The zero-order valence-corrected chi connectivity index (χ0v) is 12.8. The van der Waals surface area contributed by atoms with Gasteiger partial charge in [0.1, 0.15) is 0 Å². The normalized spacial score (nSPS) is 24.8. The van der Waals surface area contributed by atoms with Crippen molar-refractivity contribution < 1.29 is 8.42 Å². The third-order valence-electron chi connectivity index (χ3n) is 2.94. The number of benzene rings is 1. The fourth-order valence-electron chi connectivity index (χ4n) is 2.03. The van der Waals surface area contributed by atoms with E-state index in [2.05, 4.69) is 15.9 Å². The van der Waals surface area contributed by atoms with E-state index in [1.165, 1.54) is 0 Å². The fraction of sp³-hybridized carbons (Fsp3) is 0.455. The van der Waals surface area contributed by atoms with Gasteiger partial charge in [-0.15, -0.1) is 11.6 Å². The highest BCUT2D eigenvalue weighted by Gasteiger charge is 2.34. The van der Waals surface area contributed by atoms with Gasteiger partial charge in [0.05, 0.1) is 16.9 Å². The molecule has 6 heteroatoms. The van der Waals surface area contributed by atoms with Crippen LogP contribution in [0.3, 0.4) is 0 Å². The highest BCUT2D eigenvalue weighted by Crippen LogP contribution is 2.40. The lowest BCUT2D eigenvalue weighted by molar-refractivity contribution is 0.568. The predicted molar refractivity (Wildman–Crippen MR) is 74.5 cm³/mol. The number of rotatable bonds is 2. The average Bonchev–Trinajstić information content (AvgIpc) is 2.61. The molecule has 2 atom stereocenters. The van der Waals surface area contributed by atoms with Gasteiger partial charge in [-0.05, 0) is 36.1 Å². The molecule has 1 fully saturated rings. The second-order valence-corrected chi connectivity index (χ2v) is 8.22. The molecular weight excluding hydrogens is 347 g/mol. The Morgan fingerprint density at radius 3 is 2.71 bits per heavy atom. The van der Waals surface area contributed by atoms with E-state index in [1.807, 2.05) is 6.07 Å². The number of alkyl halides is 1. The minimum Gasteiger partial charge on any atom is -0.229 e. The molecule has 17 heavy (non-hydrogen) atoms. The molecule has 0 N–H and O–H groups in total. The number of hydrogen-bond acceptors (Lipinski definition) is 2. The van der Waals surface area contributed by atoms with Crippen molar-refractivity contribution >= 4 is 49.0 Å². The molecule has 0 spiro atoms. The van der Waals surface area contributed by atoms with Gasteiger partial charge >= 0.3 is 0 Å². The molecule has 1 aromatic carbocycles. The number of halogens is 3. The van der Waals surface area contributed by atoms with E-state index in [4.69, 9.17) is 23.2 Å². The molecule has 2 rings (SSSR count). The summed E-state index contributed by atoms with van der Waals surface area (Å²) in [6, 6.07) is 5.38. The van der Waals surface area contributed by atoms with Crippen LogP contribution in [0.25, 0.3) is 0 Å². The summed E-state index contributed by atoms with van der Waals surface area (Å²) < 4.78 is 23.7. The van der Waals surface area contributed by atoms with Crippen molar-refractivity contribution in [2.45, 2.75) is 11.8 Å². The first-order chi connectivity index (χ1) is 7.89. The standard InChI is InChI=1S/C11H11BrCl2O2S/c12-10-2-1-8(13)5-9(10)11(14)7-3-4-17(15,16)6-7/h1-2,5,7,11H,3-4,6H2. The molecule has 1 heterocycles. The molecule has 1 aliphatic rings. The van der Waals surface area contributed by atoms with Crippen LogP contribution in [0.15, 0.2) is 22.7 Å². The summed E-state index contributed by atoms with van der Waals surface area (Å²) in [6.45, 7) is 0. The molecule has 2 nitrogen and oxygen atoms in total. The van der Waals surface area contributed by atoms with Crippen molar-refractivity contribution in [1.82, 2.24) is 0 Å². The summed E-state index contributed by atoms with van der Waals surface area (Å²) >= 11 is 15.7. The van der Waals surface area contributed by atoms with Gasteiger partial charge in [0.15, 0.2) is 9.84 Å². The lowest BCUT2D eigenvalue weighted by Gasteiger charge is -2.17. The second kappa shape index (κ2) is 5.08. The Bertz CT molecular complexity index is 530. The van der Waals surface area contributed by atoms with Gasteiger partial charge in [-0.1, -0.05) is 27.5 Å². The van der Waals surface area contributed by atoms with E-state index in [-0.39, 0.29) is 22.8 Å². The monoisotopic (exact) mass is 356 g/mol. The quantitative estimate of drug-likeness (QED) is 0.754. The molecule has 2 unspecified atom stereocenters. The molecule has 0 radical (unpaired) electrons. The van der Waals surface area contributed by atoms with Gasteiger partial charge < -0.3 is 0 Å². The topological polar surface area (TPSA) is 34.1 Å². The van der Waals surface area contributed by atoms with E-state index in [0.717, 1.165) is 10.0 Å². The smallest absolute Gasteiger partial charge is 0.150 e. The SMILES string of the molecule is O=S1(=O)CCC(C(Cl)c2cc(Cl)ccc2Br)C1. The zero-order chi connectivity index (χ0) is 12.6. The van der Waals surface area contributed by atoms with Crippen molar-refractivity contribution in [2.24, 2.45) is 5.92 Å². The van der Waals surface area contributed by atoms with Crippen LogP contribution in [0.2, 0.25) is 5.02 Å². The molecular formula is C11H11BrCl2O2S. The lowest BCUT2D eigenvalue weighted by Crippen LogP contribution is -2.10. The van der Waals surface area contributed by atoms with Gasteiger partial charge in [0.2, 0.25) is 0 Å². The summed E-state index contributed by atoms with van der Waals surface area (Å²) in [5.74, 6) is 0.371. The van der Waals surface area contributed by atoms with E-state index in [1.54, 1.807) is 12.1 Å². The van der Waals surface area contributed by atoms with Crippen LogP contribution in [-0.4, -0.2) is 19.9 Å². The van der Waals surface area contributed by atoms with Gasteiger partial charge in [0.25, 0.3) is 0 Å². The Labute approximate surface area is 119 Å². The minimum absolute atomic E-state index is 0.0311. The van der Waals surface area contributed by atoms with E-state index in [9.17, 15) is 8.42 Å². The van der Waals surface area contributed by atoms with Crippen LogP contribution in [0.5, 0.6) is 0 Å². The van der Waals surface area contributed by atoms with Crippen LogP contribution in [0.1, 0.15) is 17.4 Å². The van der Waals surface area contributed by atoms with E-state index in [0.29, 0.717) is 11.4 Å². The highest BCUT2D eigenvalue weighted by molar-refractivity contribution is 9.10. The molecule has 0 aliphatic carbocycles. The van der Waals surface area contributed by atoms with Gasteiger partial charge in [0, 0.05) is 9.50 Å². The first-order valence-electron chi connectivity index (χ1n) is 5.18. The maximum Gasteiger partial charge on any atom is 0.150 e. The molecule has 0 amide bonds. The predicted octanol–water partition coefficient (Wildman–Crippen LogP) is 3.82. The third kappa shape index (κ3) is 3.16. The summed E-state index contributed by atoms with van der Waals surface area (Å²) in [6.07, 6.45) is 0.620. The van der Waals surface area contributed by atoms with Crippen LogP contribution in [-0.2, 0) is 9.84 Å². The van der Waals surface area contributed by atoms with Crippen molar-refractivity contribution in [3.8, 4) is 0 Å². The molecule has 0 aromatic heterocycles. The largest absolute Gasteiger partial charge is 0.229 e. The molecule has 1 saturated heterocycles. The first kappa shape index (κ1) is 13.7. The number of hydrogen-bond donors (Lipinski definition) is 0. The molecule has 1 aliphatic heterocycles. The van der Waals surface area contributed by atoms with Crippen LogP contribution in [0, 0.1) is 5.92 Å². The van der Waals surface area contributed by atoms with E-state index < -0.39 is 9.84 Å². The summed E-state index contributed by atoms with van der Waals surface area (Å²) in [4.78, 5) is 0. The minimum atomic E-state index is -2.90. The number of sulfone groups is 1. The zero-order valence-electron chi connectivity index (χ0n) is 8.87. The van der Waals surface area contributed by atoms with Crippen molar-refractivity contribution in [2.75, 3.05) is 11.5 Å². The van der Waals surface area contributed by atoms with Gasteiger partial charge in [-0.3, -0.25) is 0 Å². The maximum atomic E-state index is 11.4. The molecule has 1 aromatic rings. The Balaban J connectivity index is 2.26. The second-order valence-electron chi connectivity index (χ2n) is 4.23. The van der Waals surface area contributed by atoms with Crippen molar-refractivity contribution in [3.63, 3.8) is 0 Å². The third-order valence-corrected chi connectivity index (χ3v) is 6.28. The molecule has 0 bridgehead atoms. The van der Waals surface area contributed by atoms with Crippen LogP contribution in [0.4, 0.5) is 0 Å². The Hall–Kier alpha value is 0.230. The Kier molecular flexibility index (Phi) is 4.08. The van der Waals surface area contributed by atoms with Gasteiger partial charge in [-0.2, -0.15) is 0 Å². The average molecular weight is 358 g/mol. The fourth-order valence-corrected chi connectivity index (χ4v) is 5.18. The van der Waals surface area contributed by atoms with Crippen LogP contribution < -0.4 is 0 Å². The maximum absolute atomic E-state index is 11.4. The lowest BCUT2D eigenvalue weighted by atomic mass is 9.98. The summed E-state index contributed by atoms with van der Waals surface area (Å²) in [7, 11) is -2.90. The molecule has 0 saturated carbocycles. The highest BCUT2D eigenvalue weighted by atomic mass is 79.9.